The first-order chi connectivity index (χ1) is 21.8. The lowest BCUT2D eigenvalue weighted by Crippen LogP contribution is -1.96. The summed E-state index contributed by atoms with van der Waals surface area (Å²) in [5, 5.41) is 6.32. The molecule has 1 N–H and O–H groups in total. The van der Waals surface area contributed by atoms with Gasteiger partial charge in [0.15, 0.2) is 0 Å². The van der Waals surface area contributed by atoms with Gasteiger partial charge in [0.25, 0.3) is 0 Å². The van der Waals surface area contributed by atoms with Gasteiger partial charge >= 0.3 is 0 Å². The van der Waals surface area contributed by atoms with E-state index in [-0.39, 0.29) is 0 Å². The molecular weight excluding hydrogens is 532 g/mol. The van der Waals surface area contributed by atoms with Crippen molar-refractivity contribution in [3.63, 3.8) is 0 Å². The second-order valence-electron chi connectivity index (χ2n) is 11.1. The van der Waals surface area contributed by atoms with Gasteiger partial charge in [-0.2, -0.15) is 0 Å². The average Bonchev–Trinajstić information content (AvgIpc) is 3.43. The van der Waals surface area contributed by atoms with Gasteiger partial charge in [0, 0.05) is 33.4 Å². The van der Waals surface area contributed by atoms with Crippen LogP contribution < -0.4 is 5.32 Å². The maximum atomic E-state index is 3.81. The van der Waals surface area contributed by atoms with E-state index in [0.717, 1.165) is 22.6 Å². The highest BCUT2D eigenvalue weighted by Gasteiger charge is 2.15. The van der Waals surface area contributed by atoms with Crippen molar-refractivity contribution >= 4 is 33.2 Å². The molecule has 2 nitrogen and oxygen atoms in total. The fraction of sp³-hybridized carbons (Fsp3) is 0. The second kappa shape index (κ2) is 11.1. The molecule has 0 spiro atoms. The van der Waals surface area contributed by atoms with E-state index in [1.165, 1.54) is 49.6 Å². The number of anilines is 2. The Balaban J connectivity index is 1.26. The number of nitrogens with one attached hydrogen (secondary N) is 1. The molecule has 1 aromatic heterocycles. The topological polar surface area (TPSA) is 17.0 Å². The van der Waals surface area contributed by atoms with E-state index in [2.05, 4.69) is 186 Å². The number of benzene rings is 7. The van der Waals surface area contributed by atoms with Gasteiger partial charge in [-0.3, -0.25) is 0 Å². The van der Waals surface area contributed by atoms with Crippen molar-refractivity contribution < 1.29 is 0 Å². The van der Waals surface area contributed by atoms with Crippen LogP contribution in [0.5, 0.6) is 0 Å². The van der Waals surface area contributed by atoms with Crippen LogP contribution in [0.2, 0.25) is 0 Å². The molecule has 8 aromatic rings. The fourth-order valence-electron chi connectivity index (χ4n) is 6.29. The van der Waals surface area contributed by atoms with Crippen molar-refractivity contribution in [1.29, 1.82) is 0 Å². The molecule has 208 valence electrons. The fourth-order valence-corrected chi connectivity index (χ4v) is 6.29. The van der Waals surface area contributed by atoms with Crippen LogP contribution in [0.25, 0.3) is 60.9 Å². The first-order valence-corrected chi connectivity index (χ1v) is 15.0. The molecule has 1 heterocycles. The summed E-state index contributed by atoms with van der Waals surface area (Å²) in [6.45, 7) is 0. The van der Waals surface area contributed by atoms with Crippen LogP contribution in [0.1, 0.15) is 0 Å². The van der Waals surface area contributed by atoms with E-state index in [4.69, 9.17) is 0 Å². The van der Waals surface area contributed by atoms with Gasteiger partial charge < -0.3 is 9.88 Å². The molecule has 0 aliphatic carbocycles. The summed E-state index contributed by atoms with van der Waals surface area (Å²) in [6, 6.07) is 62.7. The Hall–Kier alpha value is -5.86. The van der Waals surface area contributed by atoms with Gasteiger partial charge in [0.05, 0.1) is 11.0 Å². The molecule has 7 aromatic carbocycles. The molecule has 8 rings (SSSR count). The van der Waals surface area contributed by atoms with Crippen LogP contribution >= 0.6 is 0 Å². The van der Waals surface area contributed by atoms with Gasteiger partial charge in [0.1, 0.15) is 0 Å². The minimum absolute atomic E-state index is 1.05. The smallest absolute Gasteiger partial charge is 0.0547 e. The Bertz CT molecular complexity index is 2170. The zero-order chi connectivity index (χ0) is 29.3. The SMILES string of the molecule is c1ccc(-c2cc(Nc3ccccc3-c3ccc4c5ccccc5n(-c5ccccc5)c4c3)cc(-c3ccccc3)c2)cc1. The summed E-state index contributed by atoms with van der Waals surface area (Å²) in [5.74, 6) is 0. The third kappa shape index (κ3) is 4.73. The van der Waals surface area contributed by atoms with E-state index < -0.39 is 0 Å². The van der Waals surface area contributed by atoms with Crippen LogP contribution in [0.3, 0.4) is 0 Å². The lowest BCUT2D eigenvalue weighted by atomic mass is 9.97. The number of nitrogens with zero attached hydrogens (tertiary/aromatic N) is 1. The Kier molecular flexibility index (Phi) is 6.51. The molecule has 0 atom stereocenters. The van der Waals surface area contributed by atoms with E-state index >= 15 is 0 Å². The van der Waals surface area contributed by atoms with E-state index in [0.29, 0.717) is 0 Å². The Morgan fingerprint density at radius 1 is 0.364 bits per heavy atom. The van der Waals surface area contributed by atoms with Crippen molar-refractivity contribution in [3.8, 4) is 39.1 Å². The number of para-hydroxylation sites is 3. The van der Waals surface area contributed by atoms with Gasteiger partial charge in [-0.05, 0) is 76.3 Å². The monoisotopic (exact) mass is 562 g/mol. The third-order valence-electron chi connectivity index (χ3n) is 8.35. The highest BCUT2D eigenvalue weighted by Crippen LogP contribution is 2.38. The highest BCUT2D eigenvalue weighted by molar-refractivity contribution is 6.10. The van der Waals surface area contributed by atoms with E-state index in [1.807, 2.05) is 0 Å². The quantitative estimate of drug-likeness (QED) is 0.213. The maximum Gasteiger partial charge on any atom is 0.0547 e. The zero-order valence-electron chi connectivity index (χ0n) is 24.2. The van der Waals surface area contributed by atoms with E-state index in [1.54, 1.807) is 0 Å². The molecule has 0 bridgehead atoms. The Morgan fingerprint density at radius 3 is 1.64 bits per heavy atom. The standard InChI is InChI=1S/C42H30N2/c1-4-14-30(15-5-1)33-26-34(31-16-6-2-7-17-31)28-35(27-33)43-40-22-12-10-20-37(40)32-24-25-39-38-21-11-13-23-41(38)44(42(39)29-32)36-18-8-3-9-19-36/h1-29,43H. The van der Waals surface area contributed by atoms with Crippen molar-refractivity contribution in [2.45, 2.75) is 0 Å². The van der Waals surface area contributed by atoms with Crippen molar-refractivity contribution in [2.24, 2.45) is 0 Å². The lowest BCUT2D eigenvalue weighted by Gasteiger charge is -2.16. The average molecular weight is 563 g/mol. The number of hydrogen-bond acceptors (Lipinski definition) is 1. The number of rotatable bonds is 6. The maximum absolute atomic E-state index is 3.81. The third-order valence-corrected chi connectivity index (χ3v) is 8.35. The molecule has 44 heavy (non-hydrogen) atoms. The van der Waals surface area contributed by atoms with Crippen LogP contribution in [-0.4, -0.2) is 4.57 Å². The Labute approximate surface area is 257 Å². The first kappa shape index (κ1) is 25.8. The molecule has 0 saturated carbocycles. The molecule has 0 amide bonds. The predicted molar refractivity (Wildman–Crippen MR) is 187 cm³/mol. The van der Waals surface area contributed by atoms with Crippen LogP contribution in [0.4, 0.5) is 11.4 Å². The molecule has 0 fully saturated rings. The van der Waals surface area contributed by atoms with Gasteiger partial charge in [-0.25, -0.2) is 0 Å². The zero-order valence-corrected chi connectivity index (χ0v) is 24.2. The predicted octanol–water partition coefficient (Wildman–Crippen LogP) is 11.5. The minimum Gasteiger partial charge on any atom is -0.355 e. The van der Waals surface area contributed by atoms with Crippen LogP contribution in [-0.2, 0) is 0 Å². The largest absolute Gasteiger partial charge is 0.355 e. The Morgan fingerprint density at radius 2 is 0.932 bits per heavy atom. The minimum atomic E-state index is 1.05. The molecule has 0 radical (unpaired) electrons. The van der Waals surface area contributed by atoms with Crippen LogP contribution in [0.15, 0.2) is 176 Å². The molecule has 0 aliphatic rings. The summed E-state index contributed by atoms with van der Waals surface area (Å²) in [5.41, 5.74) is 12.8. The lowest BCUT2D eigenvalue weighted by molar-refractivity contribution is 1.18. The van der Waals surface area contributed by atoms with Crippen molar-refractivity contribution in [2.75, 3.05) is 5.32 Å². The van der Waals surface area contributed by atoms with Gasteiger partial charge in [0.2, 0.25) is 0 Å². The first-order valence-electron chi connectivity index (χ1n) is 15.0. The molecule has 0 aliphatic heterocycles. The van der Waals surface area contributed by atoms with E-state index in [9.17, 15) is 0 Å². The molecule has 0 saturated heterocycles. The number of aromatic nitrogens is 1. The normalized spacial score (nSPS) is 11.2. The van der Waals surface area contributed by atoms with Gasteiger partial charge in [-0.15, -0.1) is 0 Å². The second-order valence-corrected chi connectivity index (χ2v) is 11.1. The summed E-state index contributed by atoms with van der Waals surface area (Å²) in [7, 11) is 0. The van der Waals surface area contributed by atoms with Crippen molar-refractivity contribution in [1.82, 2.24) is 4.57 Å². The molecule has 0 unspecified atom stereocenters. The van der Waals surface area contributed by atoms with Gasteiger partial charge in [-0.1, -0.05) is 127 Å². The highest BCUT2D eigenvalue weighted by atomic mass is 15.0. The number of fused-ring (bicyclic) bond motifs is 3. The van der Waals surface area contributed by atoms with Crippen molar-refractivity contribution in [3.05, 3.63) is 176 Å². The molecular formula is C42H30N2. The summed E-state index contributed by atoms with van der Waals surface area (Å²) < 4.78 is 2.37. The summed E-state index contributed by atoms with van der Waals surface area (Å²) in [4.78, 5) is 0. The van der Waals surface area contributed by atoms with Crippen LogP contribution in [0, 0.1) is 0 Å². The number of hydrogen-bond donors (Lipinski definition) is 1. The molecule has 2 heteroatoms. The summed E-state index contributed by atoms with van der Waals surface area (Å²) >= 11 is 0. The summed E-state index contributed by atoms with van der Waals surface area (Å²) in [6.07, 6.45) is 0.